The molecule has 0 saturated carbocycles. The Morgan fingerprint density at radius 1 is 1.57 bits per heavy atom. The van der Waals surface area contributed by atoms with Gasteiger partial charge in [0.25, 0.3) is 0 Å². The average Bonchev–Trinajstić information content (AvgIpc) is 2.56. The summed E-state index contributed by atoms with van der Waals surface area (Å²) in [6, 6.07) is 5.64. The number of piperidine rings is 1. The number of carbonyl (C=O) groups excluding carboxylic acids is 1. The molecular formula is C17H27N3O3. The van der Waals surface area contributed by atoms with Gasteiger partial charge in [-0.1, -0.05) is 13.0 Å². The molecule has 23 heavy (non-hydrogen) atoms. The van der Waals surface area contributed by atoms with Crippen molar-refractivity contribution in [2.45, 2.75) is 31.9 Å². The Hall–Kier alpha value is -1.50. The average molecular weight is 321 g/mol. The van der Waals surface area contributed by atoms with E-state index < -0.39 is 5.60 Å². The van der Waals surface area contributed by atoms with Crippen LogP contribution in [-0.4, -0.2) is 59.8 Å². The van der Waals surface area contributed by atoms with E-state index in [-0.39, 0.29) is 11.8 Å². The lowest BCUT2D eigenvalue weighted by Gasteiger charge is -2.43. The monoisotopic (exact) mass is 321 g/mol. The second kappa shape index (κ2) is 8.38. The summed E-state index contributed by atoms with van der Waals surface area (Å²) in [6.07, 6.45) is 3.03. The van der Waals surface area contributed by atoms with Crippen LogP contribution < -0.4 is 5.32 Å². The largest absolute Gasteiger partial charge is 0.389 e. The minimum Gasteiger partial charge on any atom is -0.389 e. The summed E-state index contributed by atoms with van der Waals surface area (Å²) >= 11 is 0. The smallest absolute Gasteiger partial charge is 0.234 e. The van der Waals surface area contributed by atoms with Crippen LogP contribution >= 0.6 is 0 Å². The van der Waals surface area contributed by atoms with Crippen molar-refractivity contribution < 1.29 is 14.6 Å². The van der Waals surface area contributed by atoms with Gasteiger partial charge < -0.3 is 15.2 Å². The Morgan fingerprint density at radius 3 is 3.04 bits per heavy atom. The summed E-state index contributed by atoms with van der Waals surface area (Å²) in [6.45, 7) is 4.84. The molecule has 2 atom stereocenters. The highest BCUT2D eigenvalue weighted by atomic mass is 16.5. The van der Waals surface area contributed by atoms with Crippen LogP contribution in [0.15, 0.2) is 24.4 Å². The number of aliphatic hydroxyl groups is 1. The zero-order chi connectivity index (χ0) is 16.7. The van der Waals surface area contributed by atoms with Crippen LogP contribution in [0.25, 0.3) is 0 Å². The van der Waals surface area contributed by atoms with Crippen LogP contribution in [0.4, 0.5) is 0 Å². The van der Waals surface area contributed by atoms with Gasteiger partial charge in [0.1, 0.15) is 0 Å². The highest BCUT2D eigenvalue weighted by molar-refractivity contribution is 5.77. The van der Waals surface area contributed by atoms with E-state index in [1.54, 1.807) is 13.3 Å². The van der Waals surface area contributed by atoms with Crippen molar-refractivity contribution in [3.63, 3.8) is 0 Å². The maximum atomic E-state index is 12.1. The van der Waals surface area contributed by atoms with Gasteiger partial charge in [-0.25, -0.2) is 0 Å². The number of aromatic nitrogens is 1. The third-order valence-electron chi connectivity index (χ3n) is 4.61. The van der Waals surface area contributed by atoms with Gasteiger partial charge in [0.2, 0.25) is 5.91 Å². The van der Waals surface area contributed by atoms with Gasteiger partial charge in [-0.15, -0.1) is 0 Å². The van der Waals surface area contributed by atoms with Crippen molar-refractivity contribution in [2.75, 3.05) is 33.4 Å². The summed E-state index contributed by atoms with van der Waals surface area (Å²) in [5.74, 6) is 0.111. The second-order valence-electron chi connectivity index (χ2n) is 6.33. The number of nitrogens with one attached hydrogen (secondary N) is 1. The summed E-state index contributed by atoms with van der Waals surface area (Å²) < 4.78 is 5.08. The topological polar surface area (TPSA) is 74.7 Å². The molecule has 0 radical (unpaired) electrons. The molecular weight excluding hydrogens is 294 g/mol. The summed E-state index contributed by atoms with van der Waals surface area (Å²) in [5, 5.41) is 13.5. The predicted octanol–water partition coefficient (Wildman–Crippen LogP) is 0.807. The van der Waals surface area contributed by atoms with Gasteiger partial charge in [-0.3, -0.25) is 14.7 Å². The molecule has 0 unspecified atom stereocenters. The standard InChI is InChI=1S/C17H27N3O3/c1-14-12-20(9-6-17(14,22)7-10-23-2)13-16(21)19-11-15-5-3-4-8-18-15/h3-5,8,14,22H,6-7,9-13H2,1-2H3,(H,19,21)/t14-,17-/m0/s1. The Morgan fingerprint density at radius 2 is 2.39 bits per heavy atom. The number of hydrogen-bond acceptors (Lipinski definition) is 5. The first-order chi connectivity index (χ1) is 11.0. The maximum Gasteiger partial charge on any atom is 0.234 e. The van der Waals surface area contributed by atoms with E-state index in [2.05, 4.69) is 15.2 Å². The van der Waals surface area contributed by atoms with Crippen LogP contribution in [0, 0.1) is 5.92 Å². The van der Waals surface area contributed by atoms with Crippen molar-refractivity contribution in [1.82, 2.24) is 15.2 Å². The fourth-order valence-corrected chi connectivity index (χ4v) is 2.99. The number of pyridine rings is 1. The zero-order valence-corrected chi connectivity index (χ0v) is 14.0. The molecule has 6 heteroatoms. The molecule has 1 aromatic heterocycles. The number of nitrogens with zero attached hydrogens (tertiary/aromatic N) is 2. The Bertz CT molecular complexity index is 497. The van der Waals surface area contributed by atoms with Crippen LogP contribution in [0.3, 0.4) is 0 Å². The predicted molar refractivity (Wildman–Crippen MR) is 87.7 cm³/mol. The zero-order valence-electron chi connectivity index (χ0n) is 14.0. The minimum absolute atomic E-state index is 0.00909. The van der Waals surface area contributed by atoms with Gasteiger partial charge in [-0.05, 0) is 30.9 Å². The van der Waals surface area contributed by atoms with Gasteiger partial charge in [0, 0.05) is 33.0 Å². The van der Waals surface area contributed by atoms with Crippen LogP contribution in [0.2, 0.25) is 0 Å². The molecule has 1 aliphatic heterocycles. The first-order valence-electron chi connectivity index (χ1n) is 8.14. The molecule has 0 aromatic carbocycles. The highest BCUT2D eigenvalue weighted by Gasteiger charge is 2.38. The SMILES string of the molecule is COCC[C@@]1(O)CCN(CC(=O)NCc2ccccn2)C[C@@H]1C. The van der Waals surface area contributed by atoms with Gasteiger partial charge >= 0.3 is 0 Å². The molecule has 2 N–H and O–H groups in total. The maximum absolute atomic E-state index is 12.1. The number of carbonyl (C=O) groups is 1. The van der Waals surface area contributed by atoms with Gasteiger partial charge in [0.05, 0.1) is 24.4 Å². The summed E-state index contributed by atoms with van der Waals surface area (Å²) in [5.41, 5.74) is 0.165. The van der Waals surface area contributed by atoms with Crippen molar-refractivity contribution in [1.29, 1.82) is 0 Å². The molecule has 2 heterocycles. The number of amides is 1. The van der Waals surface area contributed by atoms with Crippen molar-refractivity contribution >= 4 is 5.91 Å². The molecule has 1 saturated heterocycles. The third kappa shape index (κ3) is 5.27. The lowest BCUT2D eigenvalue weighted by molar-refractivity contribution is -0.125. The van der Waals surface area contributed by atoms with E-state index in [1.165, 1.54) is 0 Å². The molecule has 2 rings (SSSR count). The molecule has 1 amide bonds. The van der Waals surface area contributed by atoms with Crippen LogP contribution in [-0.2, 0) is 16.1 Å². The van der Waals surface area contributed by atoms with Crippen molar-refractivity contribution in [2.24, 2.45) is 5.92 Å². The Kier molecular flexibility index (Phi) is 6.50. The van der Waals surface area contributed by atoms with E-state index in [1.807, 2.05) is 25.1 Å². The first-order valence-corrected chi connectivity index (χ1v) is 8.14. The minimum atomic E-state index is -0.684. The van der Waals surface area contributed by atoms with E-state index in [9.17, 15) is 9.90 Å². The summed E-state index contributed by atoms with van der Waals surface area (Å²) in [4.78, 5) is 18.3. The van der Waals surface area contributed by atoms with E-state index in [0.717, 1.165) is 18.8 Å². The normalized spacial score (nSPS) is 25.3. The molecule has 128 valence electrons. The number of ether oxygens (including phenoxy) is 1. The molecule has 0 spiro atoms. The van der Waals surface area contributed by atoms with Gasteiger partial charge in [0.15, 0.2) is 0 Å². The fourth-order valence-electron chi connectivity index (χ4n) is 2.99. The number of likely N-dealkylation sites (tertiary alicyclic amines) is 1. The van der Waals surface area contributed by atoms with Crippen LogP contribution in [0.1, 0.15) is 25.5 Å². The second-order valence-corrected chi connectivity index (χ2v) is 6.33. The number of methoxy groups -OCH3 is 1. The van der Waals surface area contributed by atoms with Crippen molar-refractivity contribution in [3.05, 3.63) is 30.1 Å². The molecule has 1 aromatic rings. The first kappa shape index (κ1) is 17.8. The fraction of sp³-hybridized carbons (Fsp3) is 0.647. The molecule has 0 bridgehead atoms. The van der Waals surface area contributed by atoms with E-state index in [0.29, 0.717) is 32.5 Å². The lowest BCUT2D eigenvalue weighted by Crippen LogP contribution is -2.53. The van der Waals surface area contributed by atoms with Gasteiger partial charge in [-0.2, -0.15) is 0 Å². The van der Waals surface area contributed by atoms with Crippen LogP contribution in [0.5, 0.6) is 0 Å². The molecule has 0 aliphatic carbocycles. The van der Waals surface area contributed by atoms with E-state index >= 15 is 0 Å². The quantitative estimate of drug-likeness (QED) is 0.777. The molecule has 1 aliphatic rings. The lowest BCUT2D eigenvalue weighted by atomic mass is 9.80. The highest BCUT2D eigenvalue weighted by Crippen LogP contribution is 2.30. The molecule has 6 nitrogen and oxygen atoms in total. The van der Waals surface area contributed by atoms with E-state index in [4.69, 9.17) is 4.74 Å². The number of hydrogen-bond donors (Lipinski definition) is 2. The Labute approximate surface area is 137 Å². The third-order valence-corrected chi connectivity index (χ3v) is 4.61. The Balaban J connectivity index is 1.75. The van der Waals surface area contributed by atoms with Crippen molar-refractivity contribution in [3.8, 4) is 0 Å². The number of rotatable bonds is 7. The summed E-state index contributed by atoms with van der Waals surface area (Å²) in [7, 11) is 1.65. The molecule has 1 fully saturated rings.